The normalized spacial score (nSPS) is 18.9. The molecular weight excluding hydrogens is 406 g/mol. The van der Waals surface area contributed by atoms with Crippen LogP contribution in [-0.4, -0.2) is 54.3 Å². The molecule has 0 aromatic heterocycles. The Morgan fingerprint density at radius 2 is 1.62 bits per heavy atom. The third-order valence-corrected chi connectivity index (χ3v) is 6.17. The highest BCUT2D eigenvalue weighted by molar-refractivity contribution is 6.40. The summed E-state index contributed by atoms with van der Waals surface area (Å²) >= 11 is 0. The van der Waals surface area contributed by atoms with Crippen molar-refractivity contribution in [2.24, 2.45) is 11.0 Å². The van der Waals surface area contributed by atoms with Crippen LogP contribution in [0.3, 0.4) is 0 Å². The minimum atomic E-state index is -0.467. The molecule has 2 aliphatic heterocycles. The summed E-state index contributed by atoms with van der Waals surface area (Å²) in [5.74, 6) is 0.538. The van der Waals surface area contributed by atoms with E-state index in [9.17, 15) is 14.4 Å². The van der Waals surface area contributed by atoms with E-state index in [1.54, 1.807) is 41.3 Å². The number of carbonyl (C=O) groups is 3. The van der Waals surface area contributed by atoms with E-state index >= 15 is 0 Å². The van der Waals surface area contributed by atoms with E-state index in [1.807, 2.05) is 30.3 Å². The van der Waals surface area contributed by atoms with Crippen molar-refractivity contribution >= 4 is 28.9 Å². The number of ketones is 2. The zero-order chi connectivity index (χ0) is 22.7. The van der Waals surface area contributed by atoms with Crippen molar-refractivity contribution in [2.45, 2.75) is 32.2 Å². The summed E-state index contributed by atoms with van der Waals surface area (Å²) in [4.78, 5) is 39.9. The SMILES string of the molecule is COc1ccc(C(=O)C2CCN(C(=O)C3=NN(c4ccccc4)C(C(C)=O)C3)CC2)cc1. The first kappa shape index (κ1) is 21.7. The van der Waals surface area contributed by atoms with Crippen molar-refractivity contribution in [1.29, 1.82) is 0 Å². The Morgan fingerprint density at radius 1 is 0.969 bits per heavy atom. The maximum Gasteiger partial charge on any atom is 0.270 e. The molecule has 2 aliphatic rings. The van der Waals surface area contributed by atoms with E-state index in [2.05, 4.69) is 5.10 Å². The summed E-state index contributed by atoms with van der Waals surface area (Å²) in [6.07, 6.45) is 1.53. The summed E-state index contributed by atoms with van der Waals surface area (Å²) < 4.78 is 5.15. The van der Waals surface area contributed by atoms with E-state index in [0.29, 0.717) is 49.4 Å². The summed E-state index contributed by atoms with van der Waals surface area (Å²) in [6.45, 7) is 2.53. The lowest BCUT2D eigenvalue weighted by Crippen LogP contribution is -2.43. The van der Waals surface area contributed by atoms with Crippen molar-refractivity contribution in [3.8, 4) is 5.75 Å². The number of hydrogen-bond donors (Lipinski definition) is 0. The monoisotopic (exact) mass is 433 g/mol. The van der Waals surface area contributed by atoms with Crippen LogP contribution in [0.4, 0.5) is 5.69 Å². The Labute approximate surface area is 187 Å². The molecule has 0 bridgehead atoms. The van der Waals surface area contributed by atoms with Crippen LogP contribution in [0.5, 0.6) is 5.75 Å². The number of carbonyl (C=O) groups excluding carboxylic acids is 3. The second-order valence-corrected chi connectivity index (χ2v) is 8.22. The second kappa shape index (κ2) is 9.34. The number of Topliss-reactive ketones (excluding diaryl/α,β-unsaturated/α-hetero) is 2. The molecule has 1 saturated heterocycles. The van der Waals surface area contributed by atoms with Crippen molar-refractivity contribution in [3.05, 3.63) is 60.2 Å². The molecule has 2 heterocycles. The average Bonchev–Trinajstić information content (AvgIpc) is 3.30. The van der Waals surface area contributed by atoms with Crippen LogP contribution < -0.4 is 9.75 Å². The maximum atomic E-state index is 13.1. The van der Waals surface area contributed by atoms with Gasteiger partial charge >= 0.3 is 0 Å². The first-order chi connectivity index (χ1) is 15.5. The minimum absolute atomic E-state index is 0.0239. The second-order valence-electron chi connectivity index (χ2n) is 8.22. The highest BCUT2D eigenvalue weighted by atomic mass is 16.5. The van der Waals surface area contributed by atoms with Gasteiger partial charge in [0.15, 0.2) is 11.6 Å². The number of anilines is 1. The number of ether oxygens (including phenoxy) is 1. The Kier molecular flexibility index (Phi) is 6.35. The molecule has 0 N–H and O–H groups in total. The molecule has 0 saturated carbocycles. The Morgan fingerprint density at radius 3 is 2.22 bits per heavy atom. The lowest BCUT2D eigenvalue weighted by Gasteiger charge is -2.31. The zero-order valence-electron chi connectivity index (χ0n) is 18.4. The fraction of sp³-hybridized carbons (Fsp3) is 0.360. The Balaban J connectivity index is 1.40. The van der Waals surface area contributed by atoms with Gasteiger partial charge in [-0.1, -0.05) is 18.2 Å². The number of piperidine rings is 1. The highest BCUT2D eigenvalue weighted by Gasteiger charge is 2.37. The Hall–Kier alpha value is -3.48. The molecule has 7 heteroatoms. The molecule has 0 radical (unpaired) electrons. The van der Waals surface area contributed by atoms with Gasteiger partial charge in [-0.3, -0.25) is 19.4 Å². The lowest BCUT2D eigenvalue weighted by molar-refractivity contribution is -0.125. The molecule has 7 nitrogen and oxygen atoms in total. The summed E-state index contributed by atoms with van der Waals surface area (Å²) in [6, 6.07) is 16.1. The molecular formula is C25H27N3O4. The van der Waals surface area contributed by atoms with Crippen molar-refractivity contribution in [3.63, 3.8) is 0 Å². The molecule has 2 aromatic carbocycles. The van der Waals surface area contributed by atoms with Crippen LogP contribution in [0.1, 0.15) is 36.5 Å². The number of hydrogen-bond acceptors (Lipinski definition) is 6. The molecule has 4 rings (SSSR count). The molecule has 1 amide bonds. The van der Waals surface area contributed by atoms with Gasteiger partial charge in [0.25, 0.3) is 5.91 Å². The largest absolute Gasteiger partial charge is 0.497 e. The standard InChI is InChI=1S/C25H27N3O4/c1-17(29)23-16-22(26-28(23)20-6-4-3-5-7-20)25(31)27-14-12-19(13-15-27)24(30)18-8-10-21(32-2)11-9-18/h3-11,19,23H,12-16H2,1-2H3. The maximum absolute atomic E-state index is 13.1. The summed E-state index contributed by atoms with van der Waals surface area (Å²) in [7, 11) is 1.59. The van der Waals surface area contributed by atoms with Crippen LogP contribution in [0.2, 0.25) is 0 Å². The molecule has 2 aromatic rings. The van der Waals surface area contributed by atoms with Gasteiger partial charge in [0.05, 0.1) is 12.8 Å². The molecule has 0 aliphatic carbocycles. The van der Waals surface area contributed by atoms with E-state index in [-0.39, 0.29) is 23.4 Å². The molecule has 1 unspecified atom stereocenters. The van der Waals surface area contributed by atoms with E-state index in [1.165, 1.54) is 6.92 Å². The average molecular weight is 434 g/mol. The van der Waals surface area contributed by atoms with E-state index < -0.39 is 6.04 Å². The Bertz CT molecular complexity index is 1020. The van der Waals surface area contributed by atoms with Gasteiger partial charge in [0.2, 0.25) is 0 Å². The third-order valence-electron chi connectivity index (χ3n) is 6.17. The topological polar surface area (TPSA) is 79.3 Å². The quantitative estimate of drug-likeness (QED) is 0.653. The molecule has 1 fully saturated rings. The van der Waals surface area contributed by atoms with Crippen LogP contribution in [0, 0.1) is 5.92 Å². The van der Waals surface area contributed by atoms with E-state index in [4.69, 9.17) is 4.74 Å². The van der Waals surface area contributed by atoms with E-state index in [0.717, 1.165) is 5.69 Å². The number of amides is 1. The number of likely N-dealkylation sites (tertiary alicyclic amines) is 1. The highest BCUT2D eigenvalue weighted by Crippen LogP contribution is 2.27. The number of hydrazone groups is 1. The molecule has 32 heavy (non-hydrogen) atoms. The van der Waals surface area contributed by atoms with Gasteiger partial charge in [-0.25, -0.2) is 0 Å². The fourth-order valence-electron chi connectivity index (χ4n) is 4.29. The number of nitrogens with zero attached hydrogens (tertiary/aromatic N) is 3. The zero-order valence-corrected chi connectivity index (χ0v) is 18.4. The van der Waals surface area contributed by atoms with Gasteiger partial charge in [-0.15, -0.1) is 0 Å². The summed E-state index contributed by atoms with van der Waals surface area (Å²) in [5, 5.41) is 6.16. The predicted molar refractivity (Wildman–Crippen MR) is 122 cm³/mol. The van der Waals surface area contributed by atoms with Crippen LogP contribution in [-0.2, 0) is 9.59 Å². The van der Waals surface area contributed by atoms with Crippen LogP contribution in [0.15, 0.2) is 59.7 Å². The summed E-state index contributed by atoms with van der Waals surface area (Å²) in [5.41, 5.74) is 1.85. The fourth-order valence-corrected chi connectivity index (χ4v) is 4.29. The van der Waals surface area contributed by atoms with Crippen LogP contribution >= 0.6 is 0 Å². The number of rotatable bonds is 6. The molecule has 166 valence electrons. The molecule has 1 atom stereocenters. The van der Waals surface area contributed by atoms with Crippen molar-refractivity contribution in [2.75, 3.05) is 25.2 Å². The van der Waals surface area contributed by atoms with Crippen LogP contribution in [0.25, 0.3) is 0 Å². The van der Waals surface area contributed by atoms with Crippen molar-refractivity contribution in [1.82, 2.24) is 4.90 Å². The molecule has 0 spiro atoms. The van der Waals surface area contributed by atoms with Gasteiger partial charge in [-0.2, -0.15) is 5.10 Å². The van der Waals surface area contributed by atoms with Gasteiger partial charge in [-0.05, 0) is 56.2 Å². The van der Waals surface area contributed by atoms with Gasteiger partial charge in [0, 0.05) is 31.0 Å². The third kappa shape index (κ3) is 4.42. The first-order valence-electron chi connectivity index (χ1n) is 10.9. The lowest BCUT2D eigenvalue weighted by atomic mass is 9.88. The number of para-hydroxylation sites is 1. The smallest absolute Gasteiger partial charge is 0.270 e. The predicted octanol–water partition coefficient (Wildman–Crippen LogP) is 3.34. The van der Waals surface area contributed by atoms with Gasteiger partial charge < -0.3 is 9.64 Å². The first-order valence-corrected chi connectivity index (χ1v) is 10.9. The van der Waals surface area contributed by atoms with Gasteiger partial charge in [0.1, 0.15) is 17.5 Å². The van der Waals surface area contributed by atoms with Crippen molar-refractivity contribution < 1.29 is 19.1 Å². The number of methoxy groups -OCH3 is 1. The minimum Gasteiger partial charge on any atom is -0.497 e. The number of benzene rings is 2.